The summed E-state index contributed by atoms with van der Waals surface area (Å²) in [5.41, 5.74) is 2.04. The molecule has 6 heteroatoms. The molecule has 1 atom stereocenters. The maximum absolute atomic E-state index is 12.8. The first kappa shape index (κ1) is 16.0. The van der Waals surface area contributed by atoms with Gasteiger partial charge in [-0.1, -0.05) is 30.3 Å². The lowest BCUT2D eigenvalue weighted by molar-refractivity contribution is 0.0941. The predicted molar refractivity (Wildman–Crippen MR) is 99.2 cm³/mol. The minimum atomic E-state index is -0.184. The van der Waals surface area contributed by atoms with Crippen molar-refractivity contribution < 1.29 is 4.79 Å². The van der Waals surface area contributed by atoms with Crippen molar-refractivity contribution in [1.82, 2.24) is 14.9 Å². The van der Waals surface area contributed by atoms with Crippen LogP contribution in [0.5, 0.6) is 0 Å². The fourth-order valence-corrected chi connectivity index (χ4v) is 4.11. The molecule has 1 N–H and O–H groups in total. The number of carbonyl (C=O) groups is 1. The molecule has 0 spiro atoms. The first-order chi connectivity index (χ1) is 12.1. The van der Waals surface area contributed by atoms with E-state index in [-0.39, 0.29) is 23.6 Å². The molecule has 1 aliphatic rings. The topological polar surface area (TPSA) is 64.0 Å². The van der Waals surface area contributed by atoms with Crippen LogP contribution in [0.15, 0.2) is 41.5 Å². The summed E-state index contributed by atoms with van der Waals surface area (Å²) in [6.07, 6.45) is 3.64. The lowest BCUT2D eigenvalue weighted by Crippen LogP contribution is -2.27. The van der Waals surface area contributed by atoms with Crippen molar-refractivity contribution in [3.05, 3.63) is 63.0 Å². The van der Waals surface area contributed by atoms with Gasteiger partial charge in [0.2, 0.25) is 0 Å². The van der Waals surface area contributed by atoms with Gasteiger partial charge in [0.25, 0.3) is 11.5 Å². The average Bonchev–Trinajstić information content (AvgIpc) is 3.38. The quantitative estimate of drug-likeness (QED) is 0.779. The fraction of sp³-hybridized carbons (Fsp3) is 0.316. The first-order valence-corrected chi connectivity index (χ1v) is 9.24. The van der Waals surface area contributed by atoms with Gasteiger partial charge in [0.05, 0.1) is 17.9 Å². The standard InChI is InChI=1S/C19H19N3O2S/c1-11(13-6-4-3-5-7-13)21-18(23)15-12(2)25-17-16(15)20-10-22(19(17)24)14-8-9-14/h3-7,10-11,14H,8-9H2,1-2H3,(H,21,23)/t11-/m0/s1. The average molecular weight is 353 g/mol. The number of hydrogen-bond acceptors (Lipinski definition) is 4. The molecule has 128 valence electrons. The van der Waals surface area contributed by atoms with Crippen LogP contribution in [0.1, 0.15) is 52.6 Å². The van der Waals surface area contributed by atoms with Gasteiger partial charge in [0.15, 0.2) is 0 Å². The normalized spacial score (nSPS) is 15.3. The van der Waals surface area contributed by atoms with Crippen LogP contribution in [0.3, 0.4) is 0 Å². The molecule has 0 bridgehead atoms. The molecular formula is C19H19N3O2S. The number of fused-ring (bicyclic) bond motifs is 1. The minimum Gasteiger partial charge on any atom is -0.345 e. The molecule has 0 unspecified atom stereocenters. The van der Waals surface area contributed by atoms with E-state index in [9.17, 15) is 9.59 Å². The second-order valence-electron chi connectivity index (χ2n) is 6.50. The molecule has 1 fully saturated rings. The number of aryl methyl sites for hydroxylation is 1. The van der Waals surface area contributed by atoms with Crippen LogP contribution in [0.2, 0.25) is 0 Å². The zero-order chi connectivity index (χ0) is 17.6. The Bertz CT molecular complexity index is 1000. The zero-order valence-electron chi connectivity index (χ0n) is 14.2. The number of benzene rings is 1. The maximum atomic E-state index is 12.8. The highest BCUT2D eigenvalue weighted by atomic mass is 32.1. The summed E-state index contributed by atoms with van der Waals surface area (Å²) in [5, 5.41) is 3.02. The number of rotatable bonds is 4. The van der Waals surface area contributed by atoms with E-state index in [1.54, 1.807) is 10.9 Å². The zero-order valence-corrected chi connectivity index (χ0v) is 15.0. The second-order valence-corrected chi connectivity index (χ2v) is 7.73. The largest absolute Gasteiger partial charge is 0.345 e. The monoisotopic (exact) mass is 353 g/mol. The molecule has 1 amide bonds. The summed E-state index contributed by atoms with van der Waals surface area (Å²) in [5.74, 6) is -0.184. The van der Waals surface area contributed by atoms with Crippen molar-refractivity contribution in [1.29, 1.82) is 0 Å². The van der Waals surface area contributed by atoms with E-state index < -0.39 is 0 Å². The summed E-state index contributed by atoms with van der Waals surface area (Å²) < 4.78 is 2.27. The third-order valence-electron chi connectivity index (χ3n) is 4.61. The van der Waals surface area contributed by atoms with E-state index in [4.69, 9.17) is 0 Å². The Morgan fingerprint density at radius 1 is 1.32 bits per heavy atom. The SMILES string of the molecule is Cc1sc2c(=O)n(C3CC3)cnc2c1C(=O)N[C@@H](C)c1ccccc1. The van der Waals surface area contributed by atoms with Gasteiger partial charge in [0, 0.05) is 10.9 Å². The maximum Gasteiger partial charge on any atom is 0.271 e. The molecule has 0 saturated heterocycles. The van der Waals surface area contributed by atoms with Gasteiger partial charge in [-0.25, -0.2) is 4.98 Å². The van der Waals surface area contributed by atoms with E-state index >= 15 is 0 Å². The van der Waals surface area contributed by atoms with Crippen LogP contribution in [0.4, 0.5) is 0 Å². The molecule has 5 nitrogen and oxygen atoms in total. The summed E-state index contributed by atoms with van der Waals surface area (Å²) in [4.78, 5) is 30.7. The molecular weight excluding hydrogens is 334 g/mol. The molecule has 2 aromatic heterocycles. The second kappa shape index (κ2) is 6.11. The van der Waals surface area contributed by atoms with E-state index in [1.807, 2.05) is 44.2 Å². The van der Waals surface area contributed by atoms with Crippen LogP contribution >= 0.6 is 11.3 Å². The highest BCUT2D eigenvalue weighted by Gasteiger charge is 2.27. The number of carbonyl (C=O) groups excluding carboxylic acids is 1. The highest BCUT2D eigenvalue weighted by Crippen LogP contribution is 2.34. The van der Waals surface area contributed by atoms with Crippen molar-refractivity contribution in [3.63, 3.8) is 0 Å². The van der Waals surface area contributed by atoms with Crippen molar-refractivity contribution in [2.75, 3.05) is 0 Å². The van der Waals surface area contributed by atoms with Crippen molar-refractivity contribution in [2.24, 2.45) is 0 Å². The third-order valence-corrected chi connectivity index (χ3v) is 5.70. The van der Waals surface area contributed by atoms with E-state index in [0.29, 0.717) is 15.8 Å². The summed E-state index contributed by atoms with van der Waals surface area (Å²) in [7, 11) is 0. The van der Waals surface area contributed by atoms with Crippen molar-refractivity contribution in [2.45, 2.75) is 38.8 Å². The van der Waals surface area contributed by atoms with Gasteiger partial charge in [0.1, 0.15) is 10.2 Å². The van der Waals surface area contributed by atoms with Crippen LogP contribution in [-0.2, 0) is 0 Å². The molecule has 1 saturated carbocycles. The van der Waals surface area contributed by atoms with Gasteiger partial charge in [-0.15, -0.1) is 11.3 Å². The van der Waals surface area contributed by atoms with Crippen LogP contribution in [0, 0.1) is 6.92 Å². The number of aromatic nitrogens is 2. The van der Waals surface area contributed by atoms with Crippen molar-refractivity contribution >= 4 is 27.5 Å². The highest BCUT2D eigenvalue weighted by molar-refractivity contribution is 7.19. The molecule has 1 aliphatic carbocycles. The number of hydrogen-bond donors (Lipinski definition) is 1. The summed E-state index contributed by atoms with van der Waals surface area (Å²) >= 11 is 1.36. The summed E-state index contributed by atoms with van der Waals surface area (Å²) in [6.45, 7) is 3.82. The molecule has 0 radical (unpaired) electrons. The van der Waals surface area contributed by atoms with E-state index in [2.05, 4.69) is 10.3 Å². The minimum absolute atomic E-state index is 0.0317. The predicted octanol–water partition coefficient (Wildman–Crippen LogP) is 3.59. The molecule has 3 aromatic rings. The first-order valence-electron chi connectivity index (χ1n) is 8.42. The fourth-order valence-electron chi connectivity index (χ4n) is 3.06. The molecule has 1 aromatic carbocycles. The number of nitrogens with zero attached hydrogens (tertiary/aromatic N) is 2. The Labute approximate surface area is 149 Å². The summed E-state index contributed by atoms with van der Waals surface area (Å²) in [6, 6.07) is 9.98. The lowest BCUT2D eigenvalue weighted by atomic mass is 10.1. The molecule has 4 rings (SSSR count). The van der Waals surface area contributed by atoms with Gasteiger partial charge in [-0.3, -0.25) is 14.2 Å². The Hall–Kier alpha value is -2.47. The Balaban J connectivity index is 1.69. The van der Waals surface area contributed by atoms with E-state index in [1.165, 1.54) is 11.3 Å². The van der Waals surface area contributed by atoms with Gasteiger partial charge in [-0.2, -0.15) is 0 Å². The lowest BCUT2D eigenvalue weighted by Gasteiger charge is -2.14. The van der Waals surface area contributed by atoms with E-state index in [0.717, 1.165) is 23.3 Å². The smallest absolute Gasteiger partial charge is 0.271 e. The third kappa shape index (κ3) is 2.87. The Kier molecular flexibility index (Phi) is 3.92. The van der Waals surface area contributed by atoms with Crippen LogP contribution in [0.25, 0.3) is 10.2 Å². The van der Waals surface area contributed by atoms with Gasteiger partial charge >= 0.3 is 0 Å². The van der Waals surface area contributed by atoms with Crippen LogP contribution in [-0.4, -0.2) is 15.5 Å². The van der Waals surface area contributed by atoms with Crippen molar-refractivity contribution in [3.8, 4) is 0 Å². The number of amides is 1. The Morgan fingerprint density at radius 3 is 2.72 bits per heavy atom. The van der Waals surface area contributed by atoms with Gasteiger partial charge in [-0.05, 0) is 32.3 Å². The molecule has 0 aliphatic heterocycles. The number of thiophene rings is 1. The Morgan fingerprint density at radius 2 is 2.04 bits per heavy atom. The van der Waals surface area contributed by atoms with Gasteiger partial charge < -0.3 is 5.32 Å². The number of nitrogens with one attached hydrogen (secondary N) is 1. The molecule has 2 heterocycles. The molecule has 25 heavy (non-hydrogen) atoms. The van der Waals surface area contributed by atoms with Crippen LogP contribution < -0.4 is 10.9 Å².